The maximum atomic E-state index is 12.7. The summed E-state index contributed by atoms with van der Waals surface area (Å²) in [6, 6.07) is 7.98. The van der Waals surface area contributed by atoms with E-state index in [1.165, 1.54) is 36.4 Å². The van der Waals surface area contributed by atoms with Crippen LogP contribution in [0.3, 0.4) is 0 Å². The van der Waals surface area contributed by atoms with Gasteiger partial charge in [-0.3, -0.25) is 0 Å². The van der Waals surface area contributed by atoms with Crippen molar-refractivity contribution in [2.45, 2.75) is 55.1 Å². The van der Waals surface area contributed by atoms with Crippen LogP contribution in [0.15, 0.2) is 42.5 Å². The molecule has 2 aliphatic heterocycles. The fourth-order valence-electron chi connectivity index (χ4n) is 4.54. The van der Waals surface area contributed by atoms with E-state index in [0.717, 1.165) is 6.08 Å². The van der Waals surface area contributed by atoms with Crippen LogP contribution in [0.4, 0.5) is 0 Å². The summed E-state index contributed by atoms with van der Waals surface area (Å²) in [7, 11) is 0. The van der Waals surface area contributed by atoms with Crippen LogP contribution in [0, 0.1) is 0 Å². The summed E-state index contributed by atoms with van der Waals surface area (Å²) in [5.41, 5.74) is -1.15. The average molecular weight is 611 g/mol. The molecule has 236 valence electrons. The zero-order chi connectivity index (χ0) is 31.3. The molecule has 43 heavy (non-hydrogen) atoms. The molecule has 2 aliphatic rings. The highest BCUT2D eigenvalue weighted by Crippen LogP contribution is 2.33. The zero-order valence-electron chi connectivity index (χ0n) is 22.7. The van der Waals surface area contributed by atoms with E-state index >= 15 is 0 Å². The fourth-order valence-corrected chi connectivity index (χ4v) is 4.54. The van der Waals surface area contributed by atoms with Gasteiger partial charge in [0.1, 0.15) is 30.0 Å². The van der Waals surface area contributed by atoms with Crippen LogP contribution in [0.2, 0.25) is 0 Å². The number of ether oxygens (including phenoxy) is 5. The van der Waals surface area contributed by atoms with Gasteiger partial charge in [-0.25, -0.2) is 4.79 Å². The van der Waals surface area contributed by atoms with Crippen molar-refractivity contribution in [3.8, 4) is 23.0 Å². The Kier molecular flexibility index (Phi) is 10.4. The molecule has 9 N–H and O–H groups in total. The molecular formula is C28H34O15. The summed E-state index contributed by atoms with van der Waals surface area (Å²) in [5, 5.41) is 89.8. The zero-order valence-corrected chi connectivity index (χ0v) is 22.7. The number of benzene rings is 2. The Labute approximate surface area is 245 Å². The van der Waals surface area contributed by atoms with Crippen molar-refractivity contribution in [3.63, 3.8) is 0 Å². The highest BCUT2D eigenvalue weighted by atomic mass is 16.7. The first-order chi connectivity index (χ1) is 20.4. The summed E-state index contributed by atoms with van der Waals surface area (Å²) < 4.78 is 27.8. The maximum Gasteiger partial charge on any atom is 0.331 e. The monoisotopic (exact) mass is 610 g/mol. The van der Waals surface area contributed by atoms with Gasteiger partial charge >= 0.3 is 5.97 Å². The first-order valence-electron chi connectivity index (χ1n) is 13.2. The quantitative estimate of drug-likeness (QED) is 0.0806. The van der Waals surface area contributed by atoms with Gasteiger partial charge in [-0.15, -0.1) is 0 Å². The van der Waals surface area contributed by atoms with Gasteiger partial charge in [0.2, 0.25) is 0 Å². The summed E-state index contributed by atoms with van der Waals surface area (Å²) in [6.07, 6.45) is -8.43. The third-order valence-corrected chi connectivity index (χ3v) is 7.04. The van der Waals surface area contributed by atoms with Gasteiger partial charge in [-0.1, -0.05) is 12.1 Å². The summed E-state index contributed by atoms with van der Waals surface area (Å²) in [6.45, 7) is -2.18. The Balaban J connectivity index is 1.50. The molecule has 15 heteroatoms. The molecule has 0 radical (unpaired) electrons. The SMILES string of the molecule is O=C(/C=C/c1ccc(O)c(O)c1)O[C@H]1[C@H](O[C@H]2OC[C@](O)(CO)[C@H]2O)[C@@H](O)[C@H](OCCc2ccc(O)c(O)c2)O[C@@H]1CO. The molecule has 15 nitrogen and oxygen atoms in total. The first-order valence-corrected chi connectivity index (χ1v) is 13.2. The number of hydrogen-bond acceptors (Lipinski definition) is 15. The molecule has 2 aromatic carbocycles. The Bertz CT molecular complexity index is 1280. The minimum Gasteiger partial charge on any atom is -0.504 e. The van der Waals surface area contributed by atoms with E-state index in [2.05, 4.69) is 0 Å². The second kappa shape index (κ2) is 13.9. The minimum absolute atomic E-state index is 0.0731. The molecule has 0 aliphatic carbocycles. The third-order valence-electron chi connectivity index (χ3n) is 7.04. The van der Waals surface area contributed by atoms with Gasteiger partial charge in [0.15, 0.2) is 41.7 Å². The van der Waals surface area contributed by atoms with Crippen LogP contribution < -0.4 is 0 Å². The average Bonchev–Trinajstić information content (AvgIpc) is 3.27. The van der Waals surface area contributed by atoms with Crippen LogP contribution in [0.5, 0.6) is 23.0 Å². The number of aliphatic hydroxyl groups is 5. The molecule has 2 saturated heterocycles. The molecule has 2 fully saturated rings. The molecule has 0 bridgehead atoms. The number of carbonyl (C=O) groups excluding carboxylic acids is 1. The van der Waals surface area contributed by atoms with E-state index in [-0.39, 0.29) is 30.3 Å². The van der Waals surface area contributed by atoms with E-state index in [4.69, 9.17) is 23.7 Å². The topological polar surface area (TPSA) is 245 Å². The first kappa shape index (κ1) is 32.4. The molecule has 2 heterocycles. The predicted octanol–water partition coefficient (Wildman–Crippen LogP) is -1.40. The second-order valence-corrected chi connectivity index (χ2v) is 10.1. The minimum atomic E-state index is -2.06. The van der Waals surface area contributed by atoms with E-state index in [9.17, 15) is 50.8 Å². The van der Waals surface area contributed by atoms with Crippen molar-refractivity contribution in [2.75, 3.05) is 26.4 Å². The summed E-state index contributed by atoms with van der Waals surface area (Å²) in [4.78, 5) is 12.7. The van der Waals surface area contributed by atoms with Crippen LogP contribution in [0.1, 0.15) is 11.1 Å². The lowest BCUT2D eigenvalue weighted by Gasteiger charge is -2.44. The van der Waals surface area contributed by atoms with Crippen molar-refractivity contribution >= 4 is 12.0 Å². The highest BCUT2D eigenvalue weighted by Gasteiger charge is 2.54. The van der Waals surface area contributed by atoms with Crippen molar-refractivity contribution < 1.29 is 74.4 Å². The lowest BCUT2D eigenvalue weighted by Crippen LogP contribution is -2.62. The number of phenolic OH excluding ortho intramolecular Hbond substituents is 4. The predicted molar refractivity (Wildman–Crippen MR) is 143 cm³/mol. The van der Waals surface area contributed by atoms with Crippen LogP contribution >= 0.6 is 0 Å². The van der Waals surface area contributed by atoms with Crippen molar-refractivity contribution in [2.24, 2.45) is 0 Å². The highest BCUT2D eigenvalue weighted by molar-refractivity contribution is 5.87. The molecule has 0 aromatic heterocycles. The lowest BCUT2D eigenvalue weighted by molar-refractivity contribution is -0.330. The Morgan fingerprint density at radius 2 is 1.65 bits per heavy atom. The fraction of sp³-hybridized carbons (Fsp3) is 0.464. The summed E-state index contributed by atoms with van der Waals surface area (Å²) in [5.74, 6) is -2.39. The normalized spacial score (nSPS) is 31.0. The molecule has 8 atom stereocenters. The van der Waals surface area contributed by atoms with Crippen molar-refractivity contribution in [3.05, 3.63) is 53.6 Å². The Hall–Kier alpha value is -3.51. The van der Waals surface area contributed by atoms with E-state index < -0.39 is 80.2 Å². The second-order valence-electron chi connectivity index (χ2n) is 10.1. The number of rotatable bonds is 11. The molecule has 2 aromatic rings. The Morgan fingerprint density at radius 3 is 2.28 bits per heavy atom. The van der Waals surface area contributed by atoms with E-state index in [1.807, 2.05) is 0 Å². The molecular weight excluding hydrogens is 576 g/mol. The number of aromatic hydroxyl groups is 4. The number of phenols is 4. The Morgan fingerprint density at radius 1 is 0.953 bits per heavy atom. The van der Waals surface area contributed by atoms with E-state index in [0.29, 0.717) is 11.1 Å². The van der Waals surface area contributed by atoms with Crippen LogP contribution in [-0.2, 0) is 34.9 Å². The van der Waals surface area contributed by atoms with Gasteiger partial charge in [-0.05, 0) is 47.9 Å². The van der Waals surface area contributed by atoms with Gasteiger partial charge in [0.05, 0.1) is 26.4 Å². The van der Waals surface area contributed by atoms with Gasteiger partial charge < -0.3 is 69.6 Å². The smallest absolute Gasteiger partial charge is 0.331 e. The van der Waals surface area contributed by atoms with E-state index in [1.54, 1.807) is 6.07 Å². The van der Waals surface area contributed by atoms with Gasteiger partial charge in [0.25, 0.3) is 0 Å². The number of aliphatic hydroxyl groups excluding tert-OH is 4. The largest absolute Gasteiger partial charge is 0.504 e. The molecule has 0 spiro atoms. The van der Waals surface area contributed by atoms with Crippen molar-refractivity contribution in [1.29, 1.82) is 0 Å². The molecule has 0 amide bonds. The van der Waals surface area contributed by atoms with Gasteiger partial charge in [-0.2, -0.15) is 0 Å². The number of hydrogen-bond donors (Lipinski definition) is 9. The molecule has 0 unspecified atom stereocenters. The van der Waals surface area contributed by atoms with Crippen molar-refractivity contribution in [1.82, 2.24) is 0 Å². The standard InChI is InChI=1S/C28H34O15/c29-11-20-23(42-21(35)6-3-14-1-4-16(31)18(33)9-14)24(43-27-25(37)28(38,12-30)13-40-27)22(36)26(41-20)39-8-7-15-2-5-17(32)19(34)10-15/h1-6,9-10,20,22-27,29-34,36-38H,7-8,11-13H2/b6-3+/t20-,22-,23-,24-,25+,26-,27-,28-/m1/s1. The van der Waals surface area contributed by atoms with Gasteiger partial charge in [0, 0.05) is 6.08 Å². The van der Waals surface area contributed by atoms with Crippen LogP contribution in [0.25, 0.3) is 6.08 Å². The molecule has 4 rings (SSSR count). The maximum absolute atomic E-state index is 12.7. The lowest BCUT2D eigenvalue weighted by atomic mass is 9.97. The number of esters is 1. The third kappa shape index (κ3) is 7.53. The number of carbonyl (C=O) groups is 1. The van der Waals surface area contributed by atoms with Crippen LogP contribution in [-0.4, -0.2) is 127 Å². The molecule has 0 saturated carbocycles. The summed E-state index contributed by atoms with van der Waals surface area (Å²) >= 11 is 0.